The number of anilines is 1. The summed E-state index contributed by atoms with van der Waals surface area (Å²) in [6, 6.07) is 16.2. The van der Waals surface area contributed by atoms with Gasteiger partial charge in [-0.15, -0.1) is 0 Å². The van der Waals surface area contributed by atoms with Gasteiger partial charge in [0.05, 0.1) is 11.3 Å². The number of aromatic hydroxyl groups is 1. The van der Waals surface area contributed by atoms with Gasteiger partial charge in [0.2, 0.25) is 0 Å². The number of nitrogens with one attached hydrogen (secondary N) is 1. The molecular formula is C33H47N2O4-. The molecule has 0 heterocycles. The van der Waals surface area contributed by atoms with Crippen molar-refractivity contribution in [3.8, 4) is 17.2 Å². The molecule has 0 aliphatic rings. The van der Waals surface area contributed by atoms with Crippen LogP contribution in [-0.4, -0.2) is 23.0 Å². The van der Waals surface area contributed by atoms with Gasteiger partial charge < -0.3 is 26.4 Å². The molecule has 214 valence electrons. The van der Waals surface area contributed by atoms with Gasteiger partial charge in [-0.3, -0.25) is 4.79 Å². The number of fused-ring (bicyclic) bond motifs is 1. The van der Waals surface area contributed by atoms with E-state index in [4.69, 9.17) is 10.5 Å². The molecule has 39 heavy (non-hydrogen) atoms. The minimum atomic E-state index is -0.297. The Morgan fingerprint density at radius 3 is 1.85 bits per heavy atom. The number of rotatable bonds is 18. The lowest BCUT2D eigenvalue weighted by Crippen LogP contribution is -2.24. The summed E-state index contributed by atoms with van der Waals surface area (Å²) in [7, 11) is 0. The zero-order valence-corrected chi connectivity index (χ0v) is 23.6. The fourth-order valence-electron chi connectivity index (χ4n) is 4.89. The lowest BCUT2D eigenvalue weighted by atomic mass is 10.0. The number of phenols is 1. The van der Waals surface area contributed by atoms with E-state index in [1.54, 1.807) is 24.3 Å². The average molecular weight is 536 g/mol. The number of hydrogen-bond acceptors (Lipinski definition) is 5. The maximum absolute atomic E-state index is 13.0. The molecule has 0 spiro atoms. The third kappa shape index (κ3) is 10.4. The van der Waals surface area contributed by atoms with Crippen molar-refractivity contribution in [2.75, 3.05) is 12.3 Å². The number of unbranched alkanes of at least 4 members (excludes halogenated alkanes) is 13. The summed E-state index contributed by atoms with van der Waals surface area (Å²) >= 11 is 0. The van der Waals surface area contributed by atoms with Gasteiger partial charge in [0.15, 0.2) is 0 Å². The van der Waals surface area contributed by atoms with E-state index in [0.29, 0.717) is 29.1 Å². The molecule has 0 saturated carbocycles. The third-order valence-electron chi connectivity index (χ3n) is 7.18. The van der Waals surface area contributed by atoms with Crippen LogP contribution in [0.1, 0.15) is 107 Å². The van der Waals surface area contributed by atoms with Crippen LogP contribution in [0.15, 0.2) is 54.6 Å². The number of nitrogens with two attached hydrogens (primary N) is 1. The number of amides is 1. The quantitative estimate of drug-likeness (QED) is 0.111. The van der Waals surface area contributed by atoms with E-state index in [0.717, 1.165) is 18.2 Å². The van der Waals surface area contributed by atoms with Crippen LogP contribution >= 0.6 is 0 Å². The number of ether oxygens (including phenoxy) is 1. The second-order valence-corrected chi connectivity index (χ2v) is 10.3. The Balaban J connectivity index is 0.00000533. The summed E-state index contributed by atoms with van der Waals surface area (Å²) in [6.45, 7) is 2.86. The molecule has 5 N–H and O–H groups in total. The zero-order valence-electron chi connectivity index (χ0n) is 23.6. The molecule has 3 aromatic rings. The number of hydrogen-bond donors (Lipinski definition) is 3. The molecule has 3 aromatic carbocycles. The van der Waals surface area contributed by atoms with Crippen LogP contribution in [0.2, 0.25) is 0 Å². The molecule has 3 rings (SSSR count). The molecule has 0 radical (unpaired) electrons. The van der Waals surface area contributed by atoms with Gasteiger partial charge in [0.1, 0.15) is 17.2 Å². The molecule has 0 bridgehead atoms. The molecule has 6 heteroatoms. The van der Waals surface area contributed by atoms with Crippen molar-refractivity contribution in [3.05, 3.63) is 60.2 Å². The highest BCUT2D eigenvalue weighted by atomic mass is 16.5. The molecule has 0 aliphatic heterocycles. The first-order valence-corrected chi connectivity index (χ1v) is 14.7. The lowest BCUT2D eigenvalue weighted by molar-refractivity contribution is 0.0950. The van der Waals surface area contributed by atoms with Gasteiger partial charge in [0.25, 0.3) is 5.91 Å². The maximum Gasteiger partial charge on any atom is 0.255 e. The molecule has 0 aliphatic carbocycles. The van der Waals surface area contributed by atoms with Gasteiger partial charge in [-0.1, -0.05) is 127 Å². The van der Waals surface area contributed by atoms with Crippen LogP contribution in [0.25, 0.3) is 10.8 Å². The number of carbonyl (C=O) groups is 1. The lowest BCUT2D eigenvalue weighted by Gasteiger charge is -2.15. The number of benzene rings is 3. The smallest absolute Gasteiger partial charge is 0.255 e. The molecular weight excluding hydrogens is 488 g/mol. The van der Waals surface area contributed by atoms with E-state index in [2.05, 4.69) is 12.2 Å². The Morgan fingerprint density at radius 2 is 1.26 bits per heavy atom. The van der Waals surface area contributed by atoms with Crippen LogP contribution in [0, 0.1) is 0 Å². The first-order chi connectivity index (χ1) is 18.6. The first kappa shape index (κ1) is 32.0. The largest absolute Gasteiger partial charge is 0.870 e. The van der Waals surface area contributed by atoms with Crippen LogP contribution < -0.4 is 15.8 Å². The summed E-state index contributed by atoms with van der Waals surface area (Å²) in [5.41, 5.74) is 6.77. The number of para-hydroxylation sites is 2. The van der Waals surface area contributed by atoms with E-state index >= 15 is 0 Å². The van der Waals surface area contributed by atoms with Gasteiger partial charge in [-0.05, 0) is 24.6 Å². The molecule has 0 atom stereocenters. The highest BCUT2D eigenvalue weighted by molar-refractivity contribution is 6.06. The van der Waals surface area contributed by atoms with Crippen LogP contribution in [-0.2, 0) is 0 Å². The average Bonchev–Trinajstić information content (AvgIpc) is 2.93. The van der Waals surface area contributed by atoms with Crippen molar-refractivity contribution < 1.29 is 20.1 Å². The predicted molar refractivity (Wildman–Crippen MR) is 161 cm³/mol. The van der Waals surface area contributed by atoms with Crippen LogP contribution in [0.5, 0.6) is 17.2 Å². The normalized spacial score (nSPS) is 10.8. The maximum atomic E-state index is 13.0. The summed E-state index contributed by atoms with van der Waals surface area (Å²) in [5.74, 6) is 0.663. The molecule has 1 amide bonds. The Hall–Kier alpha value is -3.25. The fourth-order valence-corrected chi connectivity index (χ4v) is 4.89. The molecule has 6 nitrogen and oxygen atoms in total. The fraction of sp³-hybridized carbons (Fsp3) is 0.485. The summed E-state index contributed by atoms with van der Waals surface area (Å²) < 4.78 is 6.08. The highest BCUT2D eigenvalue weighted by Crippen LogP contribution is 2.39. The predicted octanol–water partition coefficient (Wildman–Crippen LogP) is 8.95. The minimum Gasteiger partial charge on any atom is -0.870 e. The summed E-state index contributed by atoms with van der Waals surface area (Å²) in [6.07, 6.45) is 18.2. The van der Waals surface area contributed by atoms with Crippen LogP contribution in [0.3, 0.4) is 0 Å². The van der Waals surface area contributed by atoms with E-state index in [1.807, 2.05) is 30.3 Å². The third-order valence-corrected chi connectivity index (χ3v) is 7.18. The molecule has 0 fully saturated rings. The topological polar surface area (TPSA) is 115 Å². The Labute approximate surface area is 234 Å². The molecule has 0 unspecified atom stereocenters. The SMILES string of the molecule is CCCCCCCCCCCCCCCCNC(=O)c1cc(Oc2ccccc2N)c2ccccc2c1O.[OH-]. The van der Waals surface area contributed by atoms with Gasteiger partial charge in [0, 0.05) is 17.3 Å². The van der Waals surface area contributed by atoms with E-state index in [9.17, 15) is 9.90 Å². The number of carbonyl (C=O) groups excluding carboxylic acids is 1. The molecule has 0 aromatic heterocycles. The standard InChI is InChI=1S/C33H46N2O3.H2O/c1-2-3-4-5-6-7-8-9-10-11-12-13-14-19-24-35-33(37)28-25-31(38-30-23-18-17-22-29(30)34)26-20-15-16-21-27(26)32(28)36;/h15-18,20-23,25,36H,2-14,19,24,34H2,1H3,(H,35,37);1H2/p-1. The number of nitrogen functional groups attached to an aromatic ring is 1. The first-order valence-electron chi connectivity index (χ1n) is 14.7. The van der Waals surface area contributed by atoms with E-state index in [-0.39, 0.29) is 22.7 Å². The van der Waals surface area contributed by atoms with Gasteiger partial charge in [-0.2, -0.15) is 0 Å². The van der Waals surface area contributed by atoms with Crippen molar-refractivity contribution in [1.29, 1.82) is 0 Å². The number of phenolic OH excluding ortho intramolecular Hbond substituents is 1. The second kappa shape index (κ2) is 18.1. The van der Waals surface area contributed by atoms with Crippen molar-refractivity contribution in [3.63, 3.8) is 0 Å². The second-order valence-electron chi connectivity index (χ2n) is 10.3. The monoisotopic (exact) mass is 535 g/mol. The summed E-state index contributed by atoms with van der Waals surface area (Å²) in [5, 5.41) is 15.1. The van der Waals surface area contributed by atoms with Gasteiger partial charge >= 0.3 is 0 Å². The zero-order chi connectivity index (χ0) is 27.0. The summed E-state index contributed by atoms with van der Waals surface area (Å²) in [4.78, 5) is 13.0. The van der Waals surface area contributed by atoms with E-state index in [1.165, 1.54) is 77.0 Å². The Kier molecular flexibility index (Phi) is 14.8. The van der Waals surface area contributed by atoms with Crippen molar-refractivity contribution in [2.45, 2.75) is 96.8 Å². The van der Waals surface area contributed by atoms with Gasteiger partial charge in [-0.25, -0.2) is 0 Å². The Bertz CT molecular complexity index is 1130. The Morgan fingerprint density at radius 1 is 0.744 bits per heavy atom. The molecule has 0 saturated heterocycles. The van der Waals surface area contributed by atoms with Crippen molar-refractivity contribution in [2.24, 2.45) is 0 Å². The van der Waals surface area contributed by atoms with E-state index < -0.39 is 0 Å². The van der Waals surface area contributed by atoms with Crippen molar-refractivity contribution >= 4 is 22.4 Å². The van der Waals surface area contributed by atoms with Crippen LogP contribution in [0.4, 0.5) is 5.69 Å². The highest BCUT2D eigenvalue weighted by Gasteiger charge is 2.18. The van der Waals surface area contributed by atoms with Crippen molar-refractivity contribution in [1.82, 2.24) is 5.32 Å². The minimum absolute atomic E-state index is 0.